The first-order valence-electron chi connectivity index (χ1n) is 10.4. The molecule has 3 amide bonds. The molecular formula is C21H25ClF3N5O3S. The molecule has 1 heterocycles. The highest BCUT2D eigenvalue weighted by Gasteiger charge is 2.41. The molecule has 13 heteroatoms. The van der Waals surface area contributed by atoms with E-state index in [-0.39, 0.29) is 30.7 Å². The van der Waals surface area contributed by atoms with Gasteiger partial charge in [0.25, 0.3) is 0 Å². The second-order valence-corrected chi connectivity index (χ2v) is 9.12. The molecule has 1 fully saturated rings. The van der Waals surface area contributed by atoms with Crippen molar-refractivity contribution in [3.8, 4) is 6.07 Å². The summed E-state index contributed by atoms with van der Waals surface area (Å²) in [6.45, 7) is 0.801. The van der Waals surface area contributed by atoms with Crippen LogP contribution in [0.1, 0.15) is 13.3 Å². The second kappa shape index (κ2) is 12.2. The summed E-state index contributed by atoms with van der Waals surface area (Å²) in [6.07, 6.45) is -4.66. The molecule has 186 valence electrons. The highest BCUT2D eigenvalue weighted by atomic mass is 35.5. The summed E-state index contributed by atoms with van der Waals surface area (Å²) in [5, 5.41) is 13.1. The van der Waals surface area contributed by atoms with Crippen LogP contribution in [0.2, 0.25) is 0 Å². The topological polar surface area (TPSA) is 106 Å². The Bertz CT molecular complexity index is 943. The lowest BCUT2D eigenvalue weighted by atomic mass is 10.1. The molecule has 2 N–H and O–H groups in total. The molecule has 3 unspecified atom stereocenters. The molecule has 2 rings (SSSR count). The van der Waals surface area contributed by atoms with Gasteiger partial charge in [0.05, 0.1) is 11.4 Å². The van der Waals surface area contributed by atoms with Gasteiger partial charge in [0, 0.05) is 37.9 Å². The van der Waals surface area contributed by atoms with Crippen LogP contribution in [-0.2, 0) is 14.4 Å². The lowest BCUT2D eigenvalue weighted by molar-refractivity contribution is -0.140. The average molecular weight is 520 g/mol. The van der Waals surface area contributed by atoms with E-state index in [0.717, 1.165) is 0 Å². The molecule has 1 saturated heterocycles. The average Bonchev–Trinajstić information content (AvgIpc) is 3.12. The van der Waals surface area contributed by atoms with Crippen LogP contribution in [0.5, 0.6) is 0 Å². The quantitative estimate of drug-likeness (QED) is 0.461. The van der Waals surface area contributed by atoms with Crippen molar-refractivity contribution in [3.63, 3.8) is 0 Å². The first-order chi connectivity index (χ1) is 16.0. The van der Waals surface area contributed by atoms with Crippen molar-refractivity contribution in [1.82, 2.24) is 10.2 Å². The number of rotatable bonds is 10. The number of benzene rings is 1. The number of nitrogens with zero attached hydrogens (tertiary/aromatic N) is 3. The van der Waals surface area contributed by atoms with E-state index >= 15 is 0 Å². The highest BCUT2D eigenvalue weighted by Crippen LogP contribution is 2.35. The number of nitriles is 1. The van der Waals surface area contributed by atoms with Gasteiger partial charge in [-0.1, -0.05) is 6.07 Å². The SMILES string of the molecule is CCN1C(=O)C(CNc2cccc(N(C)C(=O)CCl)c2)SC1CC(C#N)C(=O)NCC(F)(F)F. The zero-order valence-corrected chi connectivity index (χ0v) is 20.1. The molecule has 0 aliphatic carbocycles. The Morgan fingerprint density at radius 2 is 2.09 bits per heavy atom. The third-order valence-corrected chi connectivity index (χ3v) is 6.84. The zero-order valence-electron chi connectivity index (χ0n) is 18.6. The lowest BCUT2D eigenvalue weighted by Gasteiger charge is -2.23. The molecule has 0 bridgehead atoms. The van der Waals surface area contributed by atoms with Gasteiger partial charge in [-0.3, -0.25) is 14.4 Å². The van der Waals surface area contributed by atoms with Gasteiger partial charge in [0.2, 0.25) is 17.7 Å². The number of thioether (sulfide) groups is 1. The second-order valence-electron chi connectivity index (χ2n) is 7.47. The van der Waals surface area contributed by atoms with Crippen LogP contribution >= 0.6 is 23.4 Å². The minimum absolute atomic E-state index is 0.0816. The van der Waals surface area contributed by atoms with Crippen molar-refractivity contribution < 1.29 is 27.6 Å². The van der Waals surface area contributed by atoms with Crippen molar-refractivity contribution in [2.75, 3.05) is 42.8 Å². The molecule has 1 aliphatic heterocycles. The summed E-state index contributed by atoms with van der Waals surface area (Å²) < 4.78 is 37.1. The largest absolute Gasteiger partial charge is 0.405 e. The van der Waals surface area contributed by atoms with Crippen molar-refractivity contribution in [2.45, 2.75) is 30.1 Å². The first-order valence-corrected chi connectivity index (χ1v) is 11.8. The van der Waals surface area contributed by atoms with Crippen molar-refractivity contribution >= 4 is 52.5 Å². The number of hydrogen-bond donors (Lipinski definition) is 2. The number of carbonyl (C=O) groups excluding carboxylic acids is 3. The number of halogens is 4. The minimum atomic E-state index is -4.58. The van der Waals surface area contributed by atoms with Crippen LogP contribution < -0.4 is 15.5 Å². The molecule has 1 aliphatic rings. The van der Waals surface area contributed by atoms with E-state index in [2.05, 4.69) is 5.32 Å². The summed E-state index contributed by atoms with van der Waals surface area (Å²) in [5.41, 5.74) is 1.30. The van der Waals surface area contributed by atoms with Gasteiger partial charge in [0.1, 0.15) is 23.6 Å². The Balaban J connectivity index is 2.01. The van der Waals surface area contributed by atoms with E-state index in [1.54, 1.807) is 49.6 Å². The van der Waals surface area contributed by atoms with Crippen LogP contribution in [0.4, 0.5) is 24.5 Å². The maximum atomic E-state index is 12.8. The standard InChI is InChI=1S/C21H25ClF3N5O3S/c1-3-30-18(7-13(10-26)19(32)28-12-21(23,24)25)34-16(20(30)33)11-27-14-5-4-6-15(8-14)29(2)17(31)9-22/h4-6,8,13,16,18,27H,3,7,9,11-12H2,1-2H3,(H,28,32). The van der Waals surface area contributed by atoms with Crippen LogP contribution in [0, 0.1) is 17.2 Å². The molecular weight excluding hydrogens is 495 g/mol. The summed E-state index contributed by atoms with van der Waals surface area (Å²) in [4.78, 5) is 39.6. The van der Waals surface area contributed by atoms with E-state index in [9.17, 15) is 32.8 Å². The molecule has 8 nitrogen and oxygen atoms in total. The number of hydrogen-bond acceptors (Lipinski definition) is 6. The normalized spacial score (nSPS) is 18.9. The van der Waals surface area contributed by atoms with Crippen LogP contribution in [0.15, 0.2) is 24.3 Å². The molecule has 1 aromatic carbocycles. The number of carbonyl (C=O) groups is 3. The predicted octanol–water partition coefficient (Wildman–Crippen LogP) is 2.80. The van der Waals surface area contributed by atoms with Gasteiger partial charge < -0.3 is 20.4 Å². The Morgan fingerprint density at radius 3 is 2.68 bits per heavy atom. The maximum absolute atomic E-state index is 12.8. The first kappa shape index (κ1) is 27.6. The fourth-order valence-corrected chi connectivity index (χ4v) is 5.02. The lowest BCUT2D eigenvalue weighted by Crippen LogP contribution is -2.40. The van der Waals surface area contributed by atoms with Gasteiger partial charge in [-0.2, -0.15) is 18.4 Å². The van der Waals surface area contributed by atoms with Gasteiger partial charge >= 0.3 is 6.18 Å². The number of nitrogens with one attached hydrogen (secondary N) is 2. The molecule has 0 spiro atoms. The zero-order chi connectivity index (χ0) is 25.5. The van der Waals surface area contributed by atoms with Crippen molar-refractivity contribution in [1.29, 1.82) is 5.26 Å². The third-order valence-electron chi connectivity index (χ3n) is 5.15. The highest BCUT2D eigenvalue weighted by molar-refractivity contribution is 8.01. The summed E-state index contributed by atoms with van der Waals surface area (Å²) in [6, 6.07) is 8.74. The molecule has 1 aromatic rings. The number of alkyl halides is 4. The van der Waals surface area contributed by atoms with Crippen LogP contribution in [-0.4, -0.2) is 72.0 Å². The molecule has 34 heavy (non-hydrogen) atoms. The van der Waals surface area contributed by atoms with Crippen molar-refractivity contribution in [3.05, 3.63) is 24.3 Å². The fourth-order valence-electron chi connectivity index (χ4n) is 3.33. The van der Waals surface area contributed by atoms with Crippen molar-refractivity contribution in [2.24, 2.45) is 5.92 Å². The number of anilines is 2. The maximum Gasteiger partial charge on any atom is 0.405 e. The Labute approximate surface area is 204 Å². The molecule has 0 radical (unpaired) electrons. The number of amides is 3. The Kier molecular flexibility index (Phi) is 9.88. The van der Waals surface area contributed by atoms with E-state index in [1.807, 2.05) is 0 Å². The van der Waals surface area contributed by atoms with Crippen LogP contribution in [0.25, 0.3) is 0 Å². The molecule has 0 aromatic heterocycles. The molecule has 0 saturated carbocycles. The third kappa shape index (κ3) is 7.43. The Hall–Kier alpha value is -2.65. The van der Waals surface area contributed by atoms with E-state index in [1.165, 1.54) is 21.6 Å². The van der Waals surface area contributed by atoms with E-state index in [0.29, 0.717) is 17.9 Å². The smallest absolute Gasteiger partial charge is 0.383 e. The summed E-state index contributed by atoms with van der Waals surface area (Å²) in [5.74, 6) is -2.96. The fraction of sp³-hybridized carbons (Fsp3) is 0.524. The van der Waals surface area contributed by atoms with Gasteiger partial charge in [0.15, 0.2) is 0 Å². The molecule has 3 atom stereocenters. The van der Waals surface area contributed by atoms with Crippen LogP contribution in [0.3, 0.4) is 0 Å². The van der Waals surface area contributed by atoms with E-state index in [4.69, 9.17) is 11.6 Å². The van der Waals surface area contributed by atoms with Gasteiger partial charge in [-0.15, -0.1) is 23.4 Å². The van der Waals surface area contributed by atoms with Gasteiger partial charge in [-0.25, -0.2) is 0 Å². The van der Waals surface area contributed by atoms with E-state index < -0.39 is 35.2 Å². The summed E-state index contributed by atoms with van der Waals surface area (Å²) >= 11 is 6.85. The van der Waals surface area contributed by atoms with Gasteiger partial charge in [-0.05, 0) is 25.1 Å². The predicted molar refractivity (Wildman–Crippen MR) is 124 cm³/mol. The minimum Gasteiger partial charge on any atom is -0.383 e. The monoisotopic (exact) mass is 519 g/mol. The summed E-state index contributed by atoms with van der Waals surface area (Å²) in [7, 11) is 1.60. The Morgan fingerprint density at radius 1 is 1.38 bits per heavy atom.